The quantitative estimate of drug-likeness (QED) is 0.915. The SMILES string of the molecule is c1cc(CN[C@H]2CCSC2)cc(-n2cccn2)c1. The van der Waals surface area contributed by atoms with Gasteiger partial charge in [0.25, 0.3) is 0 Å². The first-order valence-corrected chi connectivity index (χ1v) is 7.47. The zero-order valence-electron chi connectivity index (χ0n) is 10.2. The van der Waals surface area contributed by atoms with E-state index in [2.05, 4.69) is 34.7 Å². The first-order chi connectivity index (χ1) is 8.92. The Labute approximate surface area is 112 Å². The van der Waals surface area contributed by atoms with E-state index < -0.39 is 0 Å². The zero-order chi connectivity index (χ0) is 12.2. The van der Waals surface area contributed by atoms with E-state index in [9.17, 15) is 0 Å². The minimum atomic E-state index is 0.684. The predicted octanol–water partition coefficient (Wildman–Crippen LogP) is 2.47. The molecule has 0 unspecified atom stereocenters. The molecule has 0 saturated carbocycles. The molecule has 1 atom stereocenters. The van der Waals surface area contributed by atoms with Crippen LogP contribution < -0.4 is 5.32 Å². The van der Waals surface area contributed by atoms with Gasteiger partial charge in [0.2, 0.25) is 0 Å². The van der Waals surface area contributed by atoms with Crippen LogP contribution in [0.3, 0.4) is 0 Å². The second-order valence-electron chi connectivity index (χ2n) is 4.56. The van der Waals surface area contributed by atoms with Gasteiger partial charge in [-0.1, -0.05) is 12.1 Å². The lowest BCUT2D eigenvalue weighted by molar-refractivity contribution is 0.558. The van der Waals surface area contributed by atoms with Crippen molar-refractivity contribution in [2.24, 2.45) is 0 Å². The molecule has 1 saturated heterocycles. The summed E-state index contributed by atoms with van der Waals surface area (Å²) >= 11 is 2.04. The van der Waals surface area contributed by atoms with Gasteiger partial charge in [0.15, 0.2) is 0 Å². The summed E-state index contributed by atoms with van der Waals surface area (Å²) < 4.78 is 1.90. The van der Waals surface area contributed by atoms with Gasteiger partial charge in [-0.25, -0.2) is 4.68 Å². The first kappa shape index (κ1) is 11.8. The van der Waals surface area contributed by atoms with Crippen molar-refractivity contribution in [1.82, 2.24) is 15.1 Å². The van der Waals surface area contributed by atoms with Crippen LogP contribution in [0.1, 0.15) is 12.0 Å². The lowest BCUT2D eigenvalue weighted by Gasteiger charge is -2.11. The third-order valence-corrected chi connectivity index (χ3v) is 4.37. The van der Waals surface area contributed by atoms with E-state index in [1.54, 1.807) is 6.20 Å². The molecule has 3 rings (SSSR count). The third-order valence-electron chi connectivity index (χ3n) is 3.20. The number of aromatic nitrogens is 2. The van der Waals surface area contributed by atoms with Crippen LogP contribution >= 0.6 is 11.8 Å². The fraction of sp³-hybridized carbons (Fsp3) is 0.357. The molecule has 2 heterocycles. The molecule has 0 bridgehead atoms. The molecule has 1 N–H and O–H groups in total. The minimum absolute atomic E-state index is 0.684. The van der Waals surface area contributed by atoms with Crippen molar-refractivity contribution in [2.75, 3.05) is 11.5 Å². The van der Waals surface area contributed by atoms with Gasteiger partial charge in [-0.2, -0.15) is 16.9 Å². The van der Waals surface area contributed by atoms with Crippen LogP contribution in [0.15, 0.2) is 42.7 Å². The number of hydrogen-bond donors (Lipinski definition) is 1. The van der Waals surface area contributed by atoms with Crippen LogP contribution in [-0.4, -0.2) is 27.3 Å². The van der Waals surface area contributed by atoms with Crippen molar-refractivity contribution in [2.45, 2.75) is 19.0 Å². The fourth-order valence-electron chi connectivity index (χ4n) is 2.19. The Kier molecular flexibility index (Phi) is 3.67. The van der Waals surface area contributed by atoms with E-state index in [0.717, 1.165) is 12.2 Å². The lowest BCUT2D eigenvalue weighted by Crippen LogP contribution is -2.27. The van der Waals surface area contributed by atoms with Crippen LogP contribution in [-0.2, 0) is 6.54 Å². The maximum Gasteiger partial charge on any atom is 0.0648 e. The maximum absolute atomic E-state index is 4.26. The van der Waals surface area contributed by atoms with Crippen LogP contribution in [0, 0.1) is 0 Å². The van der Waals surface area contributed by atoms with Crippen molar-refractivity contribution < 1.29 is 0 Å². The molecule has 94 valence electrons. The van der Waals surface area contributed by atoms with E-state index in [4.69, 9.17) is 0 Å². The Hall–Kier alpha value is -1.26. The van der Waals surface area contributed by atoms with Crippen LogP contribution in [0.4, 0.5) is 0 Å². The summed E-state index contributed by atoms with van der Waals surface area (Å²) in [6, 6.07) is 11.2. The molecule has 3 nitrogen and oxygen atoms in total. The normalized spacial score (nSPS) is 19.2. The molecule has 0 aliphatic carbocycles. The Morgan fingerprint density at radius 1 is 1.39 bits per heavy atom. The monoisotopic (exact) mass is 259 g/mol. The van der Waals surface area contributed by atoms with Gasteiger partial charge in [-0.3, -0.25) is 0 Å². The van der Waals surface area contributed by atoms with Crippen molar-refractivity contribution in [1.29, 1.82) is 0 Å². The number of hydrogen-bond acceptors (Lipinski definition) is 3. The fourth-order valence-corrected chi connectivity index (χ4v) is 3.38. The molecule has 0 radical (unpaired) electrons. The molecular formula is C14H17N3S. The summed E-state index contributed by atoms with van der Waals surface area (Å²) in [7, 11) is 0. The average Bonchev–Trinajstić information content (AvgIpc) is 3.10. The lowest BCUT2D eigenvalue weighted by atomic mass is 10.2. The van der Waals surface area contributed by atoms with Crippen LogP contribution in [0.5, 0.6) is 0 Å². The Bertz CT molecular complexity index is 490. The molecule has 1 aromatic heterocycles. The molecule has 4 heteroatoms. The Morgan fingerprint density at radius 3 is 3.17 bits per heavy atom. The number of nitrogens with one attached hydrogen (secondary N) is 1. The van der Waals surface area contributed by atoms with Gasteiger partial charge in [0.1, 0.15) is 0 Å². The molecule has 18 heavy (non-hydrogen) atoms. The van der Waals surface area contributed by atoms with Crippen molar-refractivity contribution in [3.63, 3.8) is 0 Å². The first-order valence-electron chi connectivity index (χ1n) is 6.32. The maximum atomic E-state index is 4.26. The highest BCUT2D eigenvalue weighted by atomic mass is 32.2. The number of nitrogens with zero attached hydrogens (tertiary/aromatic N) is 2. The van der Waals surface area contributed by atoms with E-state index in [1.165, 1.54) is 23.5 Å². The van der Waals surface area contributed by atoms with E-state index in [1.807, 2.05) is 28.7 Å². The van der Waals surface area contributed by atoms with Crippen LogP contribution in [0.25, 0.3) is 5.69 Å². The summed E-state index contributed by atoms with van der Waals surface area (Å²) in [6.07, 6.45) is 5.07. The van der Waals surface area contributed by atoms with E-state index in [0.29, 0.717) is 6.04 Å². The largest absolute Gasteiger partial charge is 0.309 e. The molecule has 2 aromatic rings. The molecule has 0 spiro atoms. The number of benzene rings is 1. The van der Waals surface area contributed by atoms with E-state index >= 15 is 0 Å². The van der Waals surface area contributed by atoms with Gasteiger partial charge < -0.3 is 5.32 Å². The second-order valence-corrected chi connectivity index (χ2v) is 5.71. The van der Waals surface area contributed by atoms with Crippen LogP contribution in [0.2, 0.25) is 0 Å². The van der Waals surface area contributed by atoms with Gasteiger partial charge in [-0.05, 0) is 35.9 Å². The average molecular weight is 259 g/mol. The highest BCUT2D eigenvalue weighted by molar-refractivity contribution is 7.99. The highest BCUT2D eigenvalue weighted by Gasteiger charge is 2.14. The van der Waals surface area contributed by atoms with Crippen molar-refractivity contribution >= 4 is 11.8 Å². The molecular weight excluding hydrogens is 242 g/mol. The molecule has 0 amide bonds. The molecule has 1 aliphatic heterocycles. The van der Waals surface area contributed by atoms with Gasteiger partial charge in [0, 0.05) is 30.7 Å². The van der Waals surface area contributed by atoms with E-state index in [-0.39, 0.29) is 0 Å². The molecule has 1 fully saturated rings. The predicted molar refractivity (Wildman–Crippen MR) is 76.1 cm³/mol. The summed E-state index contributed by atoms with van der Waals surface area (Å²) in [5.74, 6) is 2.55. The second kappa shape index (κ2) is 5.59. The summed E-state index contributed by atoms with van der Waals surface area (Å²) in [4.78, 5) is 0. The topological polar surface area (TPSA) is 29.9 Å². The minimum Gasteiger partial charge on any atom is -0.309 e. The standard InChI is InChI=1S/C14H17N3S/c1-3-12(10-15-13-5-8-18-11-13)9-14(4-1)17-7-2-6-16-17/h1-4,6-7,9,13,15H,5,8,10-11H2/t13-/m0/s1. The Balaban J connectivity index is 1.67. The highest BCUT2D eigenvalue weighted by Crippen LogP contribution is 2.17. The van der Waals surface area contributed by atoms with Gasteiger partial charge >= 0.3 is 0 Å². The Morgan fingerprint density at radius 2 is 2.39 bits per heavy atom. The number of thioether (sulfide) groups is 1. The summed E-state index contributed by atoms with van der Waals surface area (Å²) in [5, 5.41) is 7.88. The van der Waals surface area contributed by atoms with Crippen molar-refractivity contribution in [3.8, 4) is 5.69 Å². The molecule has 1 aliphatic rings. The molecule has 1 aromatic carbocycles. The zero-order valence-corrected chi connectivity index (χ0v) is 11.1. The number of rotatable bonds is 4. The van der Waals surface area contributed by atoms with Gasteiger partial charge in [-0.15, -0.1) is 0 Å². The third kappa shape index (κ3) is 2.76. The smallest absolute Gasteiger partial charge is 0.0648 e. The summed E-state index contributed by atoms with van der Waals surface area (Å²) in [6.45, 7) is 0.945. The van der Waals surface area contributed by atoms with Crippen molar-refractivity contribution in [3.05, 3.63) is 48.3 Å². The summed E-state index contributed by atoms with van der Waals surface area (Å²) in [5.41, 5.74) is 2.44. The van der Waals surface area contributed by atoms with Gasteiger partial charge in [0.05, 0.1) is 5.69 Å².